The number of amides is 1. The van der Waals surface area contributed by atoms with Crippen molar-refractivity contribution in [1.82, 2.24) is 15.2 Å². The fourth-order valence-corrected chi connectivity index (χ4v) is 3.11. The highest BCUT2D eigenvalue weighted by atomic mass is 16.3. The molecule has 122 valence electrons. The summed E-state index contributed by atoms with van der Waals surface area (Å²) in [6.07, 6.45) is 4.40. The van der Waals surface area contributed by atoms with Crippen LogP contribution in [0.4, 0.5) is 0 Å². The molecule has 2 rings (SSSR count). The number of nitrogens with one attached hydrogen (secondary N) is 1. The number of nitrogens with zero attached hydrogens (tertiary/aromatic N) is 2. The number of aliphatic hydroxyl groups excluding tert-OH is 1. The molecule has 0 spiro atoms. The maximum Gasteiger partial charge on any atom is 0.251 e. The molecule has 0 aliphatic carbocycles. The van der Waals surface area contributed by atoms with E-state index in [1.807, 2.05) is 26.0 Å². The van der Waals surface area contributed by atoms with E-state index < -0.39 is 0 Å². The van der Waals surface area contributed by atoms with Gasteiger partial charge in [-0.25, -0.2) is 0 Å². The van der Waals surface area contributed by atoms with E-state index in [4.69, 9.17) is 0 Å². The van der Waals surface area contributed by atoms with E-state index in [-0.39, 0.29) is 12.5 Å². The van der Waals surface area contributed by atoms with Crippen molar-refractivity contribution in [1.29, 1.82) is 0 Å². The Balaban J connectivity index is 1.75. The van der Waals surface area contributed by atoms with Crippen LogP contribution in [0.1, 0.15) is 47.4 Å². The summed E-state index contributed by atoms with van der Waals surface area (Å²) < 4.78 is 0. The summed E-state index contributed by atoms with van der Waals surface area (Å²) in [5.41, 5.74) is 2.41. The van der Waals surface area contributed by atoms with Gasteiger partial charge in [-0.2, -0.15) is 0 Å². The second kappa shape index (κ2) is 8.25. The van der Waals surface area contributed by atoms with Crippen molar-refractivity contribution in [2.75, 3.05) is 26.2 Å². The number of pyridine rings is 1. The first-order valence-electron chi connectivity index (χ1n) is 8.18. The standard InChI is InChI=1S/C17H27N3O2/c1-13-10-15(11-14(2)19-13)17(22)18-7-5-9-20-8-4-3-6-16(20)12-21/h10-11,16,21H,3-9,12H2,1-2H3,(H,18,22). The number of hydrogen-bond acceptors (Lipinski definition) is 4. The van der Waals surface area contributed by atoms with Crippen LogP contribution < -0.4 is 5.32 Å². The molecule has 2 N–H and O–H groups in total. The van der Waals surface area contributed by atoms with Crippen LogP contribution in [0.5, 0.6) is 0 Å². The number of carbonyl (C=O) groups is 1. The molecule has 0 saturated carbocycles. The first-order chi connectivity index (χ1) is 10.6. The van der Waals surface area contributed by atoms with Crippen LogP contribution >= 0.6 is 0 Å². The minimum atomic E-state index is -0.0362. The molecule has 0 aromatic carbocycles. The largest absolute Gasteiger partial charge is 0.395 e. The molecule has 0 bridgehead atoms. The number of aromatic nitrogens is 1. The van der Waals surface area contributed by atoms with Gasteiger partial charge in [0.2, 0.25) is 0 Å². The number of likely N-dealkylation sites (tertiary alicyclic amines) is 1. The fourth-order valence-electron chi connectivity index (χ4n) is 3.11. The summed E-state index contributed by atoms with van der Waals surface area (Å²) in [6, 6.07) is 3.93. The minimum Gasteiger partial charge on any atom is -0.395 e. The number of aliphatic hydroxyl groups is 1. The van der Waals surface area contributed by atoms with Crippen molar-refractivity contribution in [2.24, 2.45) is 0 Å². The third-order valence-corrected chi connectivity index (χ3v) is 4.21. The molecule has 0 radical (unpaired) electrons. The summed E-state index contributed by atoms with van der Waals surface area (Å²) in [7, 11) is 0. The number of aryl methyl sites for hydroxylation is 2. The van der Waals surface area contributed by atoms with Gasteiger partial charge in [-0.15, -0.1) is 0 Å². The highest BCUT2D eigenvalue weighted by molar-refractivity contribution is 5.94. The second-order valence-corrected chi connectivity index (χ2v) is 6.12. The van der Waals surface area contributed by atoms with Gasteiger partial charge in [0, 0.05) is 36.1 Å². The smallest absolute Gasteiger partial charge is 0.251 e. The highest BCUT2D eigenvalue weighted by Crippen LogP contribution is 2.16. The Bertz CT molecular complexity index is 484. The second-order valence-electron chi connectivity index (χ2n) is 6.12. The van der Waals surface area contributed by atoms with Crippen LogP contribution in [-0.4, -0.2) is 53.2 Å². The molecular formula is C17H27N3O2. The normalized spacial score (nSPS) is 19.1. The molecule has 1 aromatic heterocycles. The van der Waals surface area contributed by atoms with Crippen LogP contribution in [0.15, 0.2) is 12.1 Å². The lowest BCUT2D eigenvalue weighted by atomic mass is 10.0. The van der Waals surface area contributed by atoms with Crippen LogP contribution in [0.2, 0.25) is 0 Å². The Labute approximate surface area is 132 Å². The summed E-state index contributed by atoms with van der Waals surface area (Å²) in [5, 5.41) is 12.4. The summed E-state index contributed by atoms with van der Waals surface area (Å²) in [4.78, 5) is 18.8. The van der Waals surface area contributed by atoms with E-state index in [1.54, 1.807) is 0 Å². The van der Waals surface area contributed by atoms with E-state index in [0.717, 1.165) is 37.3 Å². The molecule has 5 nitrogen and oxygen atoms in total. The molecular weight excluding hydrogens is 278 g/mol. The zero-order valence-electron chi connectivity index (χ0n) is 13.6. The third-order valence-electron chi connectivity index (χ3n) is 4.21. The Morgan fingerprint density at radius 3 is 2.77 bits per heavy atom. The molecule has 1 unspecified atom stereocenters. The van der Waals surface area contributed by atoms with Crippen LogP contribution in [0.3, 0.4) is 0 Å². The zero-order chi connectivity index (χ0) is 15.9. The average molecular weight is 305 g/mol. The lowest BCUT2D eigenvalue weighted by Crippen LogP contribution is -2.43. The third kappa shape index (κ3) is 4.78. The van der Waals surface area contributed by atoms with Crippen molar-refractivity contribution < 1.29 is 9.90 Å². The SMILES string of the molecule is Cc1cc(C(=O)NCCCN2CCCCC2CO)cc(C)n1. The summed E-state index contributed by atoms with van der Waals surface area (Å²) >= 11 is 0. The lowest BCUT2D eigenvalue weighted by Gasteiger charge is -2.34. The van der Waals surface area contributed by atoms with E-state index in [1.165, 1.54) is 12.8 Å². The van der Waals surface area contributed by atoms with Crippen LogP contribution in [0, 0.1) is 13.8 Å². The monoisotopic (exact) mass is 305 g/mol. The van der Waals surface area contributed by atoms with E-state index in [2.05, 4.69) is 15.2 Å². The van der Waals surface area contributed by atoms with Gasteiger partial charge in [0.1, 0.15) is 0 Å². The van der Waals surface area contributed by atoms with Gasteiger partial charge < -0.3 is 10.4 Å². The Morgan fingerprint density at radius 1 is 1.36 bits per heavy atom. The fraction of sp³-hybridized carbons (Fsp3) is 0.647. The number of rotatable bonds is 6. The van der Waals surface area contributed by atoms with Gasteiger partial charge in [0.25, 0.3) is 5.91 Å². The van der Waals surface area contributed by atoms with Crippen molar-refractivity contribution in [3.05, 3.63) is 29.1 Å². The van der Waals surface area contributed by atoms with Gasteiger partial charge >= 0.3 is 0 Å². The summed E-state index contributed by atoms with van der Waals surface area (Å²) in [6.45, 7) is 6.68. The number of carbonyl (C=O) groups excluding carboxylic acids is 1. The average Bonchev–Trinajstić information content (AvgIpc) is 2.50. The van der Waals surface area contributed by atoms with Crippen LogP contribution in [0.25, 0.3) is 0 Å². The van der Waals surface area contributed by atoms with Crippen molar-refractivity contribution in [3.63, 3.8) is 0 Å². The van der Waals surface area contributed by atoms with Gasteiger partial charge in [-0.05, 0) is 51.8 Å². The summed E-state index contributed by atoms with van der Waals surface area (Å²) in [5.74, 6) is -0.0362. The molecule has 1 aromatic rings. The molecule has 1 amide bonds. The quantitative estimate of drug-likeness (QED) is 0.785. The molecule has 22 heavy (non-hydrogen) atoms. The van der Waals surface area contributed by atoms with Gasteiger partial charge in [0.05, 0.1) is 6.61 Å². The van der Waals surface area contributed by atoms with E-state index >= 15 is 0 Å². The molecule has 5 heteroatoms. The first kappa shape index (κ1) is 16.9. The van der Waals surface area contributed by atoms with Gasteiger partial charge in [0.15, 0.2) is 0 Å². The zero-order valence-corrected chi connectivity index (χ0v) is 13.6. The highest BCUT2D eigenvalue weighted by Gasteiger charge is 2.20. The Hall–Kier alpha value is -1.46. The predicted molar refractivity (Wildman–Crippen MR) is 87.0 cm³/mol. The Kier molecular flexibility index (Phi) is 6.34. The van der Waals surface area contributed by atoms with E-state index in [0.29, 0.717) is 18.2 Å². The van der Waals surface area contributed by atoms with Crippen molar-refractivity contribution in [2.45, 2.75) is 45.6 Å². The molecule has 2 heterocycles. The van der Waals surface area contributed by atoms with E-state index in [9.17, 15) is 9.90 Å². The van der Waals surface area contributed by atoms with Crippen molar-refractivity contribution in [3.8, 4) is 0 Å². The minimum absolute atomic E-state index is 0.0362. The maximum atomic E-state index is 12.1. The predicted octanol–water partition coefficient (Wildman–Crippen LogP) is 1.67. The van der Waals surface area contributed by atoms with Crippen molar-refractivity contribution >= 4 is 5.91 Å². The lowest BCUT2D eigenvalue weighted by molar-refractivity contribution is 0.0868. The van der Waals surface area contributed by atoms with Crippen LogP contribution in [-0.2, 0) is 0 Å². The molecule has 1 aliphatic heterocycles. The number of hydrogen-bond donors (Lipinski definition) is 2. The molecule has 1 fully saturated rings. The molecule has 1 atom stereocenters. The molecule has 1 saturated heterocycles. The Morgan fingerprint density at radius 2 is 2.09 bits per heavy atom. The van der Waals surface area contributed by atoms with Gasteiger partial charge in [-0.3, -0.25) is 14.7 Å². The number of piperidine rings is 1. The maximum absolute atomic E-state index is 12.1. The van der Waals surface area contributed by atoms with Gasteiger partial charge in [-0.1, -0.05) is 6.42 Å². The topological polar surface area (TPSA) is 65.5 Å². The first-order valence-corrected chi connectivity index (χ1v) is 8.18. The molecule has 1 aliphatic rings.